The first kappa shape index (κ1) is 26.7. The van der Waals surface area contributed by atoms with E-state index in [0.717, 1.165) is 54.8 Å². The number of benzene rings is 2. The minimum absolute atomic E-state index is 0.122. The lowest BCUT2D eigenvalue weighted by Gasteiger charge is -2.29. The highest BCUT2D eigenvalue weighted by molar-refractivity contribution is 6.31. The molecule has 0 spiro atoms. The molecule has 2 aliphatic rings. The summed E-state index contributed by atoms with van der Waals surface area (Å²) in [6.07, 6.45) is 9.03. The standard InChI is InChI=1S/C31H36ClN5O3/c1-35-19-26(32)28(34-35)20-40-23-13-14-27-29(17-23)37(30(33-27)24-7-3-4-8-25(24)31(38)39)18-21-9-11-22(12-10-21)36-15-5-2-6-16-36/h9-14,17,19,24-25H,2-8,15-16,18,20H2,1H3,(H,38,39)/t24-,25+/m1/s1. The van der Waals surface area contributed by atoms with Crippen LogP contribution in [0.5, 0.6) is 5.75 Å². The second kappa shape index (κ2) is 11.5. The van der Waals surface area contributed by atoms with E-state index < -0.39 is 11.9 Å². The number of hydrogen-bond donors (Lipinski definition) is 1. The molecule has 0 unspecified atom stereocenters. The second-order valence-electron chi connectivity index (χ2n) is 11.1. The van der Waals surface area contributed by atoms with Gasteiger partial charge in [0, 0.05) is 50.6 Å². The summed E-state index contributed by atoms with van der Waals surface area (Å²) in [4.78, 5) is 19.7. The van der Waals surface area contributed by atoms with E-state index in [-0.39, 0.29) is 12.5 Å². The van der Waals surface area contributed by atoms with Crippen LogP contribution in [0.25, 0.3) is 11.0 Å². The highest BCUT2D eigenvalue weighted by Gasteiger charge is 2.35. The Morgan fingerprint density at radius 3 is 2.55 bits per heavy atom. The number of hydrogen-bond acceptors (Lipinski definition) is 5. The zero-order valence-corrected chi connectivity index (χ0v) is 23.7. The number of ether oxygens (including phenoxy) is 1. The first-order valence-electron chi connectivity index (χ1n) is 14.3. The minimum atomic E-state index is -0.731. The van der Waals surface area contributed by atoms with Crippen LogP contribution in [-0.4, -0.2) is 43.5 Å². The number of aliphatic carboxylic acids is 1. The first-order chi connectivity index (χ1) is 19.5. The van der Waals surface area contributed by atoms with Gasteiger partial charge < -0.3 is 19.3 Å². The Bertz CT molecular complexity index is 1490. The van der Waals surface area contributed by atoms with Crippen molar-refractivity contribution in [1.29, 1.82) is 0 Å². The van der Waals surface area contributed by atoms with Crippen LogP contribution < -0.4 is 9.64 Å². The number of imidazole rings is 1. The fourth-order valence-corrected chi connectivity index (χ4v) is 6.53. The number of nitrogens with zero attached hydrogens (tertiary/aromatic N) is 5. The quantitative estimate of drug-likeness (QED) is 0.268. The molecule has 8 nitrogen and oxygen atoms in total. The van der Waals surface area contributed by atoms with Gasteiger partial charge in [-0.15, -0.1) is 0 Å². The molecule has 1 aliphatic heterocycles. The Hall–Kier alpha value is -3.52. The van der Waals surface area contributed by atoms with E-state index in [1.54, 1.807) is 10.9 Å². The van der Waals surface area contributed by atoms with Crippen molar-refractivity contribution >= 4 is 34.3 Å². The number of anilines is 1. The zero-order valence-electron chi connectivity index (χ0n) is 22.9. The Morgan fingerprint density at radius 2 is 1.82 bits per heavy atom. The van der Waals surface area contributed by atoms with Crippen LogP contribution in [-0.2, 0) is 25.0 Å². The molecule has 1 saturated carbocycles. The smallest absolute Gasteiger partial charge is 0.307 e. The lowest BCUT2D eigenvalue weighted by atomic mass is 9.78. The third kappa shape index (κ3) is 5.55. The molecule has 1 saturated heterocycles. The molecule has 2 aromatic heterocycles. The fraction of sp³-hybridized carbons (Fsp3) is 0.452. The van der Waals surface area contributed by atoms with Crippen molar-refractivity contribution in [3.8, 4) is 5.75 Å². The third-order valence-electron chi connectivity index (χ3n) is 8.39. The average molecular weight is 562 g/mol. The van der Waals surface area contributed by atoms with E-state index in [9.17, 15) is 9.90 Å². The monoisotopic (exact) mass is 561 g/mol. The van der Waals surface area contributed by atoms with E-state index in [0.29, 0.717) is 29.4 Å². The molecule has 40 heavy (non-hydrogen) atoms. The van der Waals surface area contributed by atoms with Gasteiger partial charge in [0.25, 0.3) is 0 Å². The molecular weight excluding hydrogens is 526 g/mol. The fourth-order valence-electron chi connectivity index (χ4n) is 6.30. The Labute approximate surface area is 239 Å². The molecule has 2 aromatic carbocycles. The van der Waals surface area contributed by atoms with Crippen molar-refractivity contribution in [3.63, 3.8) is 0 Å². The maximum atomic E-state index is 12.2. The van der Waals surface area contributed by atoms with E-state index in [4.69, 9.17) is 21.3 Å². The number of carboxylic acid groups (broad SMARTS) is 1. The topological polar surface area (TPSA) is 85.4 Å². The van der Waals surface area contributed by atoms with Crippen molar-refractivity contribution in [2.24, 2.45) is 13.0 Å². The largest absolute Gasteiger partial charge is 0.487 e. The first-order valence-corrected chi connectivity index (χ1v) is 14.7. The van der Waals surface area contributed by atoms with Crippen LogP contribution in [0.2, 0.25) is 5.02 Å². The minimum Gasteiger partial charge on any atom is -0.487 e. The van der Waals surface area contributed by atoms with Gasteiger partial charge in [0.05, 0.1) is 22.0 Å². The normalized spacial score (nSPS) is 19.7. The lowest BCUT2D eigenvalue weighted by Crippen LogP contribution is -2.29. The number of rotatable bonds is 8. The molecule has 1 aliphatic carbocycles. The Balaban J connectivity index is 1.34. The molecule has 2 atom stereocenters. The number of aryl methyl sites for hydroxylation is 1. The predicted octanol–water partition coefficient (Wildman–Crippen LogP) is 6.40. The van der Waals surface area contributed by atoms with Gasteiger partial charge >= 0.3 is 5.97 Å². The summed E-state index contributed by atoms with van der Waals surface area (Å²) in [5.41, 5.74) is 4.89. The molecule has 0 bridgehead atoms. The summed E-state index contributed by atoms with van der Waals surface area (Å²) >= 11 is 6.28. The molecule has 0 radical (unpaired) electrons. The highest BCUT2D eigenvalue weighted by Crippen LogP contribution is 2.39. The van der Waals surface area contributed by atoms with Gasteiger partial charge in [-0.3, -0.25) is 9.48 Å². The zero-order chi connectivity index (χ0) is 27.6. The summed E-state index contributed by atoms with van der Waals surface area (Å²) in [7, 11) is 1.83. The number of piperidine rings is 1. The molecule has 210 valence electrons. The van der Waals surface area contributed by atoms with Gasteiger partial charge in [0.1, 0.15) is 23.9 Å². The summed E-state index contributed by atoms with van der Waals surface area (Å²) in [5.74, 6) is 0.272. The van der Waals surface area contributed by atoms with Crippen LogP contribution in [0.1, 0.15) is 67.9 Å². The summed E-state index contributed by atoms with van der Waals surface area (Å²) in [6, 6.07) is 14.7. The molecular formula is C31H36ClN5O3. The van der Waals surface area contributed by atoms with Crippen molar-refractivity contribution in [2.45, 2.75) is 64.0 Å². The predicted molar refractivity (Wildman–Crippen MR) is 156 cm³/mol. The van der Waals surface area contributed by atoms with E-state index in [2.05, 4.69) is 38.8 Å². The van der Waals surface area contributed by atoms with Crippen LogP contribution in [0.4, 0.5) is 5.69 Å². The molecule has 6 rings (SSSR count). The number of aromatic nitrogens is 4. The van der Waals surface area contributed by atoms with Gasteiger partial charge in [-0.05, 0) is 61.9 Å². The van der Waals surface area contributed by atoms with E-state index >= 15 is 0 Å². The molecule has 0 amide bonds. The van der Waals surface area contributed by atoms with Gasteiger partial charge in [-0.25, -0.2) is 4.98 Å². The average Bonchev–Trinajstić information content (AvgIpc) is 3.50. The lowest BCUT2D eigenvalue weighted by molar-refractivity contribution is -0.143. The van der Waals surface area contributed by atoms with Crippen molar-refractivity contribution in [2.75, 3.05) is 18.0 Å². The molecule has 2 fully saturated rings. The summed E-state index contributed by atoms with van der Waals surface area (Å²) in [6.45, 7) is 3.10. The Morgan fingerprint density at radius 1 is 1.05 bits per heavy atom. The number of carbonyl (C=O) groups is 1. The van der Waals surface area contributed by atoms with Crippen LogP contribution in [0.3, 0.4) is 0 Å². The van der Waals surface area contributed by atoms with Crippen LogP contribution in [0, 0.1) is 5.92 Å². The second-order valence-corrected chi connectivity index (χ2v) is 11.5. The number of fused-ring (bicyclic) bond motifs is 1. The van der Waals surface area contributed by atoms with Crippen molar-refractivity contribution in [1.82, 2.24) is 19.3 Å². The number of carboxylic acids is 1. The highest BCUT2D eigenvalue weighted by atomic mass is 35.5. The third-order valence-corrected chi connectivity index (χ3v) is 8.71. The van der Waals surface area contributed by atoms with E-state index in [1.807, 2.05) is 25.2 Å². The van der Waals surface area contributed by atoms with Crippen molar-refractivity contribution in [3.05, 3.63) is 70.8 Å². The molecule has 4 aromatic rings. The molecule has 9 heteroatoms. The maximum Gasteiger partial charge on any atom is 0.307 e. The van der Waals surface area contributed by atoms with Crippen LogP contribution >= 0.6 is 11.6 Å². The SMILES string of the molecule is Cn1cc(Cl)c(COc2ccc3nc([C@@H]4CCCC[C@@H]4C(=O)O)n(Cc4ccc(N5CCCCC5)cc4)c3c2)n1. The number of halogens is 1. The van der Waals surface area contributed by atoms with Crippen molar-refractivity contribution < 1.29 is 14.6 Å². The summed E-state index contributed by atoms with van der Waals surface area (Å²) < 4.78 is 9.97. The molecule has 3 heterocycles. The van der Waals surface area contributed by atoms with Gasteiger partial charge in [-0.2, -0.15) is 5.10 Å². The van der Waals surface area contributed by atoms with E-state index in [1.165, 1.54) is 24.9 Å². The Kier molecular flexibility index (Phi) is 7.69. The molecule has 1 N–H and O–H groups in total. The summed E-state index contributed by atoms with van der Waals surface area (Å²) in [5, 5.41) is 15.0. The van der Waals surface area contributed by atoms with Gasteiger partial charge in [0.2, 0.25) is 0 Å². The maximum absolute atomic E-state index is 12.2. The van der Waals surface area contributed by atoms with Gasteiger partial charge in [-0.1, -0.05) is 36.6 Å². The van der Waals surface area contributed by atoms with Crippen LogP contribution in [0.15, 0.2) is 48.7 Å². The van der Waals surface area contributed by atoms with Gasteiger partial charge in [0.15, 0.2) is 0 Å².